The monoisotopic (exact) mass is 239 g/mol. The van der Waals surface area contributed by atoms with Crippen molar-refractivity contribution in [2.45, 2.75) is 6.92 Å². The van der Waals surface area contributed by atoms with Gasteiger partial charge in [-0.15, -0.1) is 0 Å². The Morgan fingerprint density at radius 3 is 2.29 bits per heavy atom. The fraction of sp³-hybridized carbons (Fsp3) is 0.273. The summed E-state index contributed by atoms with van der Waals surface area (Å²) in [6.45, 7) is 1.77. The first kappa shape index (κ1) is 12.8. The normalized spacial score (nSPS) is 9.35. The third-order valence-electron chi connectivity index (χ3n) is 2.01. The molecule has 0 fully saturated rings. The highest BCUT2D eigenvalue weighted by molar-refractivity contribution is 5.88. The Labute approximate surface area is 98.6 Å². The molecular formula is C11H13NO5. The van der Waals surface area contributed by atoms with Crippen molar-refractivity contribution < 1.29 is 23.9 Å². The number of carbonyl (C=O) groups is 2. The average Bonchev–Trinajstić information content (AvgIpc) is 2.35. The molecule has 0 aliphatic carbocycles. The summed E-state index contributed by atoms with van der Waals surface area (Å²) in [5.41, 5.74) is 1.16. The number of anilines is 1. The lowest BCUT2D eigenvalue weighted by Crippen LogP contribution is -2.34. The number of hydrogen-bond donors (Lipinski definition) is 0. The van der Waals surface area contributed by atoms with Crippen LogP contribution in [-0.4, -0.2) is 26.5 Å². The number of hydrogen-bond acceptors (Lipinski definition) is 5. The Bertz CT molecular complexity index is 418. The third kappa shape index (κ3) is 3.10. The smallest absolute Gasteiger partial charge is 0.450 e. The zero-order valence-corrected chi connectivity index (χ0v) is 9.80. The van der Waals surface area contributed by atoms with Crippen LogP contribution in [0.3, 0.4) is 0 Å². The molecule has 0 spiro atoms. The summed E-state index contributed by atoms with van der Waals surface area (Å²) in [5, 5.41) is 0.737. The standard InChI is InChI=1S/C11H13NO5/c1-8-6-4-5-7-9(8)12(10(13)15-2)17-11(14)16-3/h4-7H,1-3H3. The van der Waals surface area contributed by atoms with Gasteiger partial charge in [0.25, 0.3) is 0 Å². The molecule has 1 rings (SSSR count). The third-order valence-corrected chi connectivity index (χ3v) is 2.01. The van der Waals surface area contributed by atoms with Gasteiger partial charge in [-0.2, -0.15) is 0 Å². The van der Waals surface area contributed by atoms with Crippen LogP contribution >= 0.6 is 0 Å². The Morgan fingerprint density at radius 1 is 1.12 bits per heavy atom. The first-order valence-corrected chi connectivity index (χ1v) is 4.79. The van der Waals surface area contributed by atoms with Gasteiger partial charge in [0, 0.05) is 0 Å². The highest BCUT2D eigenvalue weighted by atomic mass is 16.8. The van der Waals surface area contributed by atoms with E-state index in [1.807, 2.05) is 0 Å². The van der Waals surface area contributed by atoms with Crippen molar-refractivity contribution in [1.29, 1.82) is 0 Å². The zero-order valence-electron chi connectivity index (χ0n) is 9.80. The quantitative estimate of drug-likeness (QED) is 0.555. The van der Waals surface area contributed by atoms with Crippen LogP contribution in [-0.2, 0) is 14.3 Å². The van der Waals surface area contributed by atoms with Gasteiger partial charge in [-0.3, -0.25) is 4.84 Å². The Kier molecular flexibility index (Phi) is 4.33. The molecule has 17 heavy (non-hydrogen) atoms. The van der Waals surface area contributed by atoms with Crippen LogP contribution in [0.5, 0.6) is 0 Å². The minimum atomic E-state index is -1.00. The average molecular weight is 239 g/mol. The van der Waals surface area contributed by atoms with Crippen molar-refractivity contribution >= 4 is 17.9 Å². The molecule has 0 saturated carbocycles. The van der Waals surface area contributed by atoms with E-state index in [-0.39, 0.29) is 0 Å². The summed E-state index contributed by atoms with van der Waals surface area (Å²) >= 11 is 0. The summed E-state index contributed by atoms with van der Waals surface area (Å²) in [7, 11) is 2.34. The SMILES string of the molecule is COC(=O)ON(C(=O)OC)c1ccccc1C. The number of methoxy groups -OCH3 is 2. The van der Waals surface area contributed by atoms with Crippen LogP contribution in [0, 0.1) is 6.92 Å². The van der Waals surface area contributed by atoms with Crippen LogP contribution in [0.4, 0.5) is 15.3 Å². The largest absolute Gasteiger partial charge is 0.533 e. The predicted molar refractivity (Wildman–Crippen MR) is 59.6 cm³/mol. The van der Waals surface area contributed by atoms with Crippen LogP contribution < -0.4 is 5.06 Å². The molecule has 6 heteroatoms. The first-order valence-electron chi connectivity index (χ1n) is 4.79. The number of hydroxylamine groups is 1. The van der Waals surface area contributed by atoms with Gasteiger partial charge in [0.15, 0.2) is 0 Å². The van der Waals surface area contributed by atoms with Crippen molar-refractivity contribution in [3.63, 3.8) is 0 Å². The number of amides is 1. The molecule has 92 valence electrons. The number of rotatable bonds is 1. The van der Waals surface area contributed by atoms with E-state index in [1.54, 1.807) is 31.2 Å². The topological polar surface area (TPSA) is 65.1 Å². The van der Waals surface area contributed by atoms with Gasteiger partial charge in [0.1, 0.15) is 0 Å². The van der Waals surface area contributed by atoms with Gasteiger partial charge >= 0.3 is 12.2 Å². The van der Waals surface area contributed by atoms with E-state index in [2.05, 4.69) is 9.47 Å². The highest BCUT2D eigenvalue weighted by Crippen LogP contribution is 2.20. The molecule has 6 nitrogen and oxygen atoms in total. The fourth-order valence-electron chi connectivity index (χ4n) is 1.17. The van der Waals surface area contributed by atoms with Gasteiger partial charge in [-0.1, -0.05) is 23.3 Å². The molecular weight excluding hydrogens is 226 g/mol. The van der Waals surface area contributed by atoms with E-state index in [1.165, 1.54) is 7.11 Å². The molecule has 0 N–H and O–H groups in total. The maximum Gasteiger partial charge on any atom is 0.533 e. The van der Waals surface area contributed by atoms with Crippen molar-refractivity contribution in [3.8, 4) is 0 Å². The summed E-state index contributed by atoms with van der Waals surface area (Å²) in [6, 6.07) is 6.90. The van der Waals surface area contributed by atoms with E-state index in [0.29, 0.717) is 5.69 Å². The van der Waals surface area contributed by atoms with E-state index in [4.69, 9.17) is 4.84 Å². The van der Waals surface area contributed by atoms with Gasteiger partial charge in [0.05, 0.1) is 19.9 Å². The molecule has 1 aromatic carbocycles. The lowest BCUT2D eigenvalue weighted by atomic mass is 10.2. The molecule has 1 amide bonds. The number of para-hydroxylation sites is 1. The predicted octanol–water partition coefficient (Wildman–Crippen LogP) is 2.27. The Hall–Kier alpha value is -2.24. The molecule has 0 radical (unpaired) electrons. The van der Waals surface area contributed by atoms with Gasteiger partial charge in [-0.05, 0) is 18.6 Å². The first-order chi connectivity index (χ1) is 8.10. The molecule has 0 bridgehead atoms. The maximum absolute atomic E-state index is 11.5. The molecule has 0 aromatic heterocycles. The Morgan fingerprint density at radius 2 is 1.76 bits per heavy atom. The van der Waals surface area contributed by atoms with Crippen molar-refractivity contribution in [2.75, 3.05) is 19.3 Å². The second-order valence-electron chi connectivity index (χ2n) is 3.10. The van der Waals surface area contributed by atoms with Crippen LogP contribution in [0.25, 0.3) is 0 Å². The minimum Gasteiger partial charge on any atom is -0.450 e. The molecule has 0 saturated heterocycles. The molecule has 1 aromatic rings. The number of carbonyl (C=O) groups excluding carboxylic acids is 2. The van der Waals surface area contributed by atoms with Crippen LogP contribution in [0.1, 0.15) is 5.56 Å². The second kappa shape index (κ2) is 5.74. The van der Waals surface area contributed by atoms with Crippen molar-refractivity contribution in [1.82, 2.24) is 0 Å². The molecule has 0 unspecified atom stereocenters. The molecule has 0 aliphatic rings. The maximum atomic E-state index is 11.5. The zero-order chi connectivity index (χ0) is 12.8. The van der Waals surface area contributed by atoms with Crippen LogP contribution in [0.15, 0.2) is 24.3 Å². The van der Waals surface area contributed by atoms with Gasteiger partial charge < -0.3 is 9.47 Å². The molecule has 0 atom stereocenters. The fourth-order valence-corrected chi connectivity index (χ4v) is 1.17. The number of benzene rings is 1. The summed E-state index contributed by atoms with van der Waals surface area (Å²) in [4.78, 5) is 27.2. The van der Waals surface area contributed by atoms with Crippen molar-refractivity contribution in [2.24, 2.45) is 0 Å². The number of ether oxygens (including phenoxy) is 2. The van der Waals surface area contributed by atoms with E-state index >= 15 is 0 Å². The molecule has 0 heterocycles. The molecule has 0 aliphatic heterocycles. The summed E-state index contributed by atoms with van der Waals surface area (Å²) in [6.07, 6.45) is -1.82. The number of nitrogens with zero attached hydrogens (tertiary/aromatic N) is 1. The van der Waals surface area contributed by atoms with E-state index in [0.717, 1.165) is 17.7 Å². The van der Waals surface area contributed by atoms with Gasteiger partial charge in [-0.25, -0.2) is 9.59 Å². The summed E-state index contributed by atoms with van der Waals surface area (Å²) in [5.74, 6) is 0. The van der Waals surface area contributed by atoms with Crippen molar-refractivity contribution in [3.05, 3.63) is 29.8 Å². The van der Waals surface area contributed by atoms with Gasteiger partial charge in [0.2, 0.25) is 0 Å². The van der Waals surface area contributed by atoms with Crippen LogP contribution in [0.2, 0.25) is 0 Å². The number of aryl methyl sites for hydroxylation is 1. The second-order valence-corrected chi connectivity index (χ2v) is 3.10. The van der Waals surface area contributed by atoms with E-state index in [9.17, 15) is 9.59 Å². The Balaban J connectivity index is 3.02. The minimum absolute atomic E-state index is 0.407. The lowest BCUT2D eigenvalue weighted by molar-refractivity contribution is 0.0571. The highest BCUT2D eigenvalue weighted by Gasteiger charge is 2.23. The lowest BCUT2D eigenvalue weighted by Gasteiger charge is -2.20. The van der Waals surface area contributed by atoms with E-state index < -0.39 is 12.2 Å². The summed E-state index contributed by atoms with van der Waals surface area (Å²) < 4.78 is 8.85.